The first-order chi connectivity index (χ1) is 9.52. The summed E-state index contributed by atoms with van der Waals surface area (Å²) in [5.74, 6) is 0.485. The largest absolute Gasteiger partial charge is 0.484 e. The second-order valence-corrected chi connectivity index (χ2v) is 4.86. The van der Waals surface area contributed by atoms with Gasteiger partial charge in [0.2, 0.25) is 0 Å². The maximum atomic E-state index is 11.6. The zero-order chi connectivity index (χ0) is 15.0. The first-order valence-corrected chi connectivity index (χ1v) is 6.91. The van der Waals surface area contributed by atoms with E-state index in [9.17, 15) is 4.79 Å². The Morgan fingerprint density at radius 1 is 1.40 bits per heavy atom. The molecule has 0 aliphatic carbocycles. The summed E-state index contributed by atoms with van der Waals surface area (Å²) in [5.41, 5.74) is 6.28. The first-order valence-electron chi connectivity index (χ1n) is 6.50. The van der Waals surface area contributed by atoms with Crippen LogP contribution in [0.15, 0.2) is 24.3 Å². The van der Waals surface area contributed by atoms with E-state index in [-0.39, 0.29) is 12.5 Å². The van der Waals surface area contributed by atoms with Crippen LogP contribution in [0.2, 0.25) is 0 Å². The van der Waals surface area contributed by atoms with Crippen LogP contribution in [0.5, 0.6) is 5.75 Å². The van der Waals surface area contributed by atoms with Crippen LogP contribution in [0.3, 0.4) is 0 Å². The van der Waals surface area contributed by atoms with E-state index in [0.29, 0.717) is 17.3 Å². The highest BCUT2D eigenvalue weighted by molar-refractivity contribution is 7.80. The van der Waals surface area contributed by atoms with Crippen molar-refractivity contribution in [3.8, 4) is 5.75 Å². The highest BCUT2D eigenvalue weighted by atomic mass is 32.1. The maximum Gasteiger partial charge on any atom is 0.257 e. The molecule has 0 aliphatic rings. The van der Waals surface area contributed by atoms with E-state index < -0.39 is 0 Å². The summed E-state index contributed by atoms with van der Waals surface area (Å²) in [6.07, 6.45) is 0. The van der Waals surface area contributed by atoms with E-state index in [1.165, 1.54) is 0 Å². The van der Waals surface area contributed by atoms with Crippen molar-refractivity contribution >= 4 is 23.1 Å². The molecule has 0 bridgehead atoms. The number of likely N-dealkylation sites (N-methyl/N-ethyl adjacent to an activating group) is 1. The second-order valence-electron chi connectivity index (χ2n) is 4.42. The van der Waals surface area contributed by atoms with Gasteiger partial charge in [0.05, 0.1) is 0 Å². The number of hydrogen-bond acceptors (Lipinski definition) is 4. The fourth-order valence-corrected chi connectivity index (χ4v) is 1.60. The summed E-state index contributed by atoms with van der Waals surface area (Å²) in [4.78, 5) is 14.0. The Morgan fingerprint density at radius 2 is 2.05 bits per heavy atom. The van der Waals surface area contributed by atoms with Crippen molar-refractivity contribution in [2.45, 2.75) is 6.92 Å². The Bertz CT molecular complexity index is 448. The van der Waals surface area contributed by atoms with Crippen LogP contribution in [0, 0.1) is 0 Å². The predicted molar refractivity (Wildman–Crippen MR) is 84.0 cm³/mol. The van der Waals surface area contributed by atoms with E-state index in [4.69, 9.17) is 22.7 Å². The lowest BCUT2D eigenvalue weighted by Gasteiger charge is -2.14. The third kappa shape index (κ3) is 5.99. The van der Waals surface area contributed by atoms with Crippen LogP contribution in [0.4, 0.5) is 0 Å². The number of carbonyl (C=O) groups excluding carboxylic acids is 1. The standard InChI is InChI=1S/C14H21N3O2S/c1-3-17(2)9-8-16-13(18)10-19-12-6-4-11(5-7-12)14(15)20/h4-7H,3,8-10H2,1-2H3,(H2,15,20)(H,16,18). The number of rotatable bonds is 8. The number of nitrogens with one attached hydrogen (secondary N) is 1. The molecule has 6 heteroatoms. The van der Waals surface area contributed by atoms with Crippen LogP contribution in [0.1, 0.15) is 12.5 Å². The molecule has 0 spiro atoms. The fraction of sp³-hybridized carbons (Fsp3) is 0.429. The Morgan fingerprint density at radius 3 is 2.60 bits per heavy atom. The second kappa shape index (κ2) is 8.50. The minimum absolute atomic E-state index is 0.00224. The summed E-state index contributed by atoms with van der Waals surface area (Å²) in [6.45, 7) is 4.48. The van der Waals surface area contributed by atoms with Gasteiger partial charge in [0.25, 0.3) is 5.91 Å². The highest BCUT2D eigenvalue weighted by Crippen LogP contribution is 2.11. The van der Waals surface area contributed by atoms with E-state index in [0.717, 1.165) is 18.7 Å². The zero-order valence-electron chi connectivity index (χ0n) is 11.9. The van der Waals surface area contributed by atoms with E-state index in [2.05, 4.69) is 17.1 Å². The summed E-state index contributed by atoms with van der Waals surface area (Å²) in [7, 11) is 2.01. The molecular formula is C14H21N3O2S. The van der Waals surface area contributed by atoms with Gasteiger partial charge in [-0.3, -0.25) is 4.79 Å². The average Bonchev–Trinajstić information content (AvgIpc) is 2.45. The fourth-order valence-electron chi connectivity index (χ4n) is 1.46. The monoisotopic (exact) mass is 295 g/mol. The van der Waals surface area contributed by atoms with E-state index in [1.54, 1.807) is 24.3 Å². The van der Waals surface area contributed by atoms with Gasteiger partial charge in [-0.2, -0.15) is 0 Å². The Hall–Kier alpha value is -1.66. The Balaban J connectivity index is 2.28. The molecule has 3 N–H and O–H groups in total. The Kier molecular flexibility index (Phi) is 6.97. The van der Waals surface area contributed by atoms with Gasteiger partial charge in [0, 0.05) is 18.7 Å². The van der Waals surface area contributed by atoms with Crippen molar-refractivity contribution in [3.05, 3.63) is 29.8 Å². The molecule has 1 rings (SSSR count). The van der Waals surface area contributed by atoms with Gasteiger partial charge in [-0.15, -0.1) is 0 Å². The lowest BCUT2D eigenvalue weighted by atomic mass is 10.2. The number of ether oxygens (including phenoxy) is 1. The summed E-state index contributed by atoms with van der Waals surface area (Å²) >= 11 is 4.86. The van der Waals surface area contributed by atoms with Crippen LogP contribution >= 0.6 is 12.2 Å². The molecule has 1 amide bonds. The van der Waals surface area contributed by atoms with Crippen LogP contribution in [-0.4, -0.2) is 49.1 Å². The number of carbonyl (C=O) groups is 1. The van der Waals surface area contributed by atoms with E-state index in [1.807, 2.05) is 7.05 Å². The minimum Gasteiger partial charge on any atom is -0.484 e. The van der Waals surface area contributed by atoms with Crippen molar-refractivity contribution in [3.63, 3.8) is 0 Å². The van der Waals surface area contributed by atoms with Crippen molar-refractivity contribution < 1.29 is 9.53 Å². The lowest BCUT2D eigenvalue weighted by molar-refractivity contribution is -0.123. The lowest BCUT2D eigenvalue weighted by Crippen LogP contribution is -2.35. The van der Waals surface area contributed by atoms with Crippen molar-refractivity contribution in [2.24, 2.45) is 5.73 Å². The quantitative estimate of drug-likeness (QED) is 0.693. The number of thiocarbonyl (C=S) groups is 1. The smallest absolute Gasteiger partial charge is 0.257 e. The van der Waals surface area contributed by atoms with Crippen molar-refractivity contribution in [2.75, 3.05) is 33.3 Å². The van der Waals surface area contributed by atoms with Gasteiger partial charge in [0.1, 0.15) is 10.7 Å². The van der Waals surface area contributed by atoms with Gasteiger partial charge in [0.15, 0.2) is 6.61 Å². The molecule has 20 heavy (non-hydrogen) atoms. The van der Waals surface area contributed by atoms with Crippen molar-refractivity contribution in [1.82, 2.24) is 10.2 Å². The molecule has 0 aliphatic heterocycles. The molecule has 5 nitrogen and oxygen atoms in total. The first kappa shape index (κ1) is 16.4. The maximum absolute atomic E-state index is 11.6. The molecule has 0 aromatic heterocycles. The predicted octanol–water partition coefficient (Wildman–Crippen LogP) is 0.768. The molecular weight excluding hydrogens is 274 g/mol. The van der Waals surface area contributed by atoms with Gasteiger partial charge in [-0.25, -0.2) is 0 Å². The number of amides is 1. The molecule has 0 atom stereocenters. The average molecular weight is 295 g/mol. The zero-order valence-corrected chi connectivity index (χ0v) is 12.7. The minimum atomic E-state index is -0.132. The third-order valence-electron chi connectivity index (χ3n) is 2.86. The van der Waals surface area contributed by atoms with Crippen molar-refractivity contribution in [1.29, 1.82) is 0 Å². The normalized spacial score (nSPS) is 10.3. The molecule has 0 fully saturated rings. The van der Waals surface area contributed by atoms with E-state index >= 15 is 0 Å². The summed E-state index contributed by atoms with van der Waals surface area (Å²) < 4.78 is 5.38. The molecule has 0 unspecified atom stereocenters. The van der Waals surface area contributed by atoms with Crippen LogP contribution in [-0.2, 0) is 4.79 Å². The molecule has 110 valence electrons. The molecule has 0 saturated heterocycles. The van der Waals surface area contributed by atoms with Gasteiger partial charge in [-0.1, -0.05) is 19.1 Å². The van der Waals surface area contributed by atoms with Gasteiger partial charge >= 0.3 is 0 Å². The Labute approximate surface area is 125 Å². The summed E-state index contributed by atoms with van der Waals surface area (Å²) in [5, 5.41) is 2.80. The highest BCUT2D eigenvalue weighted by Gasteiger charge is 2.03. The van der Waals surface area contributed by atoms with Crippen LogP contribution in [0.25, 0.3) is 0 Å². The molecule has 1 aromatic carbocycles. The van der Waals surface area contributed by atoms with Gasteiger partial charge in [-0.05, 0) is 37.9 Å². The topological polar surface area (TPSA) is 67.6 Å². The number of nitrogens with zero attached hydrogens (tertiary/aromatic N) is 1. The third-order valence-corrected chi connectivity index (χ3v) is 3.10. The number of hydrogen-bond donors (Lipinski definition) is 2. The summed E-state index contributed by atoms with van der Waals surface area (Å²) in [6, 6.07) is 7.02. The molecule has 0 saturated carbocycles. The van der Waals surface area contributed by atoms with Crippen LogP contribution < -0.4 is 15.8 Å². The molecule has 1 aromatic rings. The SMILES string of the molecule is CCN(C)CCNC(=O)COc1ccc(C(N)=S)cc1. The number of benzene rings is 1. The molecule has 0 heterocycles. The number of nitrogens with two attached hydrogens (primary N) is 1. The van der Waals surface area contributed by atoms with Gasteiger partial charge < -0.3 is 20.7 Å². The molecule has 0 radical (unpaired) electrons.